The van der Waals surface area contributed by atoms with Crippen LogP contribution < -0.4 is 5.32 Å². The van der Waals surface area contributed by atoms with E-state index in [1.807, 2.05) is 55.7 Å². The summed E-state index contributed by atoms with van der Waals surface area (Å²) in [7, 11) is -3.76. The topological polar surface area (TPSA) is 68.2 Å². The molecule has 1 heterocycles. The molecule has 0 unspecified atom stereocenters. The van der Waals surface area contributed by atoms with Crippen LogP contribution >= 0.6 is 0 Å². The number of carbonyl (C=O) groups excluding carboxylic acids is 1. The van der Waals surface area contributed by atoms with Crippen LogP contribution in [-0.2, 0) is 21.2 Å². The first-order valence-electron chi connectivity index (χ1n) is 8.99. The molecule has 2 aromatic carbocycles. The first-order chi connectivity index (χ1) is 12.8. The molecule has 3 rings (SSSR count). The molecular weight excluding hydrogens is 360 g/mol. The highest BCUT2D eigenvalue weighted by atomic mass is 32.2. The van der Waals surface area contributed by atoms with Crippen molar-refractivity contribution in [3.8, 4) is 0 Å². The van der Waals surface area contributed by atoms with Gasteiger partial charge in [-0.15, -0.1) is 0 Å². The second-order valence-corrected chi connectivity index (χ2v) is 8.79. The van der Waals surface area contributed by atoms with Crippen molar-refractivity contribution in [1.82, 2.24) is 4.57 Å². The van der Waals surface area contributed by atoms with Crippen molar-refractivity contribution in [2.75, 3.05) is 11.1 Å². The van der Waals surface area contributed by atoms with Gasteiger partial charge in [-0.05, 0) is 38.0 Å². The summed E-state index contributed by atoms with van der Waals surface area (Å²) in [5.74, 6) is -1.12. The van der Waals surface area contributed by atoms with E-state index in [-0.39, 0.29) is 4.90 Å². The van der Waals surface area contributed by atoms with E-state index in [0.29, 0.717) is 11.1 Å². The number of fused-ring (bicyclic) bond motifs is 1. The maximum Gasteiger partial charge on any atom is 0.239 e. The number of rotatable bonds is 6. The molecule has 142 valence electrons. The second kappa shape index (κ2) is 7.56. The molecule has 1 N–H and O–H groups in total. The lowest BCUT2D eigenvalue weighted by Crippen LogP contribution is -2.23. The monoisotopic (exact) mass is 384 g/mol. The molecule has 0 aliphatic heterocycles. The van der Waals surface area contributed by atoms with E-state index < -0.39 is 21.5 Å². The maximum absolute atomic E-state index is 12.9. The molecule has 0 atom stereocenters. The van der Waals surface area contributed by atoms with Gasteiger partial charge in [-0.3, -0.25) is 4.79 Å². The van der Waals surface area contributed by atoms with E-state index in [1.165, 1.54) is 0 Å². The maximum atomic E-state index is 12.9. The molecule has 1 aromatic heterocycles. The number of carbonyl (C=O) groups is 1. The minimum atomic E-state index is -3.76. The number of sulfone groups is 1. The fourth-order valence-electron chi connectivity index (χ4n) is 3.28. The molecule has 0 saturated heterocycles. The van der Waals surface area contributed by atoms with Crippen molar-refractivity contribution in [1.29, 1.82) is 0 Å². The van der Waals surface area contributed by atoms with Crippen LogP contribution in [-0.4, -0.2) is 24.6 Å². The van der Waals surface area contributed by atoms with E-state index in [4.69, 9.17) is 0 Å². The Labute approximate surface area is 159 Å². The Balaban J connectivity index is 1.88. The Morgan fingerprint density at radius 2 is 1.85 bits per heavy atom. The van der Waals surface area contributed by atoms with Crippen molar-refractivity contribution in [2.24, 2.45) is 0 Å². The normalized spacial score (nSPS) is 11.7. The zero-order valence-electron chi connectivity index (χ0n) is 15.8. The van der Waals surface area contributed by atoms with Gasteiger partial charge in [0.05, 0.1) is 4.90 Å². The molecule has 0 saturated carbocycles. The highest BCUT2D eigenvalue weighted by Gasteiger charge is 2.24. The minimum absolute atomic E-state index is 0.210. The number of hydrogen-bond acceptors (Lipinski definition) is 3. The van der Waals surface area contributed by atoms with Gasteiger partial charge in [0.2, 0.25) is 5.91 Å². The van der Waals surface area contributed by atoms with E-state index >= 15 is 0 Å². The van der Waals surface area contributed by atoms with Crippen LogP contribution in [0.15, 0.2) is 53.6 Å². The van der Waals surface area contributed by atoms with Crippen molar-refractivity contribution in [3.05, 3.63) is 59.8 Å². The van der Waals surface area contributed by atoms with Crippen LogP contribution in [0.25, 0.3) is 10.9 Å². The first kappa shape index (κ1) is 19.2. The second-order valence-electron chi connectivity index (χ2n) is 6.83. The third-order valence-corrected chi connectivity index (χ3v) is 6.17. The summed E-state index contributed by atoms with van der Waals surface area (Å²) in [4.78, 5) is 12.6. The number of nitrogens with one attached hydrogen (secondary N) is 1. The molecule has 0 spiro atoms. The van der Waals surface area contributed by atoms with Gasteiger partial charge in [-0.25, -0.2) is 8.42 Å². The highest BCUT2D eigenvalue weighted by Crippen LogP contribution is 2.27. The average molecular weight is 385 g/mol. The van der Waals surface area contributed by atoms with Crippen LogP contribution in [0, 0.1) is 13.8 Å². The molecule has 3 aromatic rings. The largest absolute Gasteiger partial charge is 0.346 e. The van der Waals surface area contributed by atoms with Crippen LogP contribution in [0.3, 0.4) is 0 Å². The van der Waals surface area contributed by atoms with E-state index in [2.05, 4.69) is 5.32 Å². The van der Waals surface area contributed by atoms with Gasteiger partial charge < -0.3 is 9.88 Å². The predicted octanol–water partition coefficient (Wildman–Crippen LogP) is 4.08. The summed E-state index contributed by atoms with van der Waals surface area (Å²) in [6.45, 7) is 6.62. The van der Waals surface area contributed by atoms with Gasteiger partial charge in [0.1, 0.15) is 5.75 Å². The summed E-state index contributed by atoms with van der Waals surface area (Å²) in [6.07, 6.45) is 2.54. The van der Waals surface area contributed by atoms with Crippen molar-refractivity contribution >= 4 is 32.3 Å². The molecule has 0 aliphatic rings. The zero-order valence-corrected chi connectivity index (χ0v) is 16.6. The van der Waals surface area contributed by atoms with Crippen LogP contribution in [0.2, 0.25) is 0 Å². The number of nitrogens with zero attached hydrogens (tertiary/aromatic N) is 1. The van der Waals surface area contributed by atoms with Gasteiger partial charge >= 0.3 is 0 Å². The quantitative estimate of drug-likeness (QED) is 0.696. The Hall–Kier alpha value is -2.60. The summed E-state index contributed by atoms with van der Waals surface area (Å²) in [5, 5.41) is 3.38. The molecular formula is C21H24N2O3S. The number of para-hydroxylation sites is 1. The third kappa shape index (κ3) is 4.06. The van der Waals surface area contributed by atoms with Crippen molar-refractivity contribution in [2.45, 2.75) is 38.6 Å². The molecule has 0 aliphatic carbocycles. The Kier molecular flexibility index (Phi) is 5.37. The summed E-state index contributed by atoms with van der Waals surface area (Å²) < 4.78 is 27.8. The number of aromatic nitrogens is 1. The van der Waals surface area contributed by atoms with E-state index in [9.17, 15) is 13.2 Å². The first-order valence-corrected chi connectivity index (χ1v) is 10.6. The minimum Gasteiger partial charge on any atom is -0.346 e. The van der Waals surface area contributed by atoms with Crippen LogP contribution in [0.5, 0.6) is 0 Å². The molecule has 0 fully saturated rings. The lowest BCUT2D eigenvalue weighted by atomic mass is 10.1. The van der Waals surface area contributed by atoms with E-state index in [1.54, 1.807) is 18.3 Å². The van der Waals surface area contributed by atoms with Gasteiger partial charge in [0.25, 0.3) is 0 Å². The third-order valence-electron chi connectivity index (χ3n) is 4.53. The Bertz CT molecular complexity index is 1100. The summed E-state index contributed by atoms with van der Waals surface area (Å²) in [5.41, 5.74) is 3.49. The van der Waals surface area contributed by atoms with Gasteiger partial charge in [0.15, 0.2) is 9.84 Å². The van der Waals surface area contributed by atoms with Crippen LogP contribution in [0.4, 0.5) is 5.69 Å². The lowest BCUT2D eigenvalue weighted by Gasteiger charge is -2.09. The van der Waals surface area contributed by atoms with Gasteiger partial charge in [-0.1, -0.05) is 42.8 Å². The smallest absolute Gasteiger partial charge is 0.239 e. The number of aryl methyl sites for hydroxylation is 3. The highest BCUT2D eigenvalue weighted by molar-refractivity contribution is 7.92. The molecule has 0 radical (unpaired) electrons. The number of amides is 1. The summed E-state index contributed by atoms with van der Waals surface area (Å²) >= 11 is 0. The Morgan fingerprint density at radius 1 is 1.11 bits per heavy atom. The molecule has 27 heavy (non-hydrogen) atoms. The average Bonchev–Trinajstić information content (AvgIpc) is 2.97. The lowest BCUT2D eigenvalue weighted by molar-refractivity contribution is -0.113. The predicted molar refractivity (Wildman–Crippen MR) is 109 cm³/mol. The van der Waals surface area contributed by atoms with Gasteiger partial charge in [0, 0.05) is 29.3 Å². The van der Waals surface area contributed by atoms with Crippen molar-refractivity contribution in [3.63, 3.8) is 0 Å². The van der Waals surface area contributed by atoms with Gasteiger partial charge in [-0.2, -0.15) is 0 Å². The van der Waals surface area contributed by atoms with E-state index in [0.717, 1.165) is 29.6 Å². The standard InChI is InChI=1S/C21H24N2O3S/c1-4-11-23-13-20(17-7-5-6-8-19(17)23)27(25,26)14-21(24)22-18-10-9-15(2)12-16(18)3/h5-10,12-13H,4,11,14H2,1-3H3,(H,22,24). The number of anilines is 1. The fourth-order valence-corrected chi connectivity index (χ4v) is 4.65. The number of hydrogen-bond donors (Lipinski definition) is 1. The SMILES string of the molecule is CCCn1cc(S(=O)(=O)CC(=O)Nc2ccc(C)cc2C)c2ccccc21. The van der Waals surface area contributed by atoms with Crippen LogP contribution in [0.1, 0.15) is 24.5 Å². The Morgan fingerprint density at radius 3 is 2.56 bits per heavy atom. The van der Waals surface area contributed by atoms with Crippen molar-refractivity contribution < 1.29 is 13.2 Å². The zero-order chi connectivity index (χ0) is 19.6. The number of benzene rings is 2. The summed E-state index contributed by atoms with van der Waals surface area (Å²) in [6, 6.07) is 13.0. The fraction of sp³-hybridized carbons (Fsp3) is 0.286. The molecule has 5 nitrogen and oxygen atoms in total. The molecule has 0 bridgehead atoms. The molecule has 1 amide bonds. The molecule has 6 heteroatoms.